The maximum atomic E-state index is 11.6. The summed E-state index contributed by atoms with van der Waals surface area (Å²) in [6, 6.07) is 12.5. The summed E-state index contributed by atoms with van der Waals surface area (Å²) in [5.74, 6) is -0.182. The van der Waals surface area contributed by atoms with Crippen molar-refractivity contribution in [1.82, 2.24) is 15.0 Å². The Kier molecular flexibility index (Phi) is 5.00. The van der Waals surface area contributed by atoms with Crippen molar-refractivity contribution >= 4 is 22.4 Å². The highest BCUT2D eigenvalue weighted by Gasteiger charge is 2.29. The molecule has 0 amide bonds. The number of hydrogen-bond acceptors (Lipinski definition) is 9. The van der Waals surface area contributed by atoms with Gasteiger partial charge in [-0.25, -0.2) is 4.98 Å². The van der Waals surface area contributed by atoms with Crippen LogP contribution < -0.4 is 9.64 Å². The molecule has 0 fully saturated rings. The van der Waals surface area contributed by atoms with Crippen LogP contribution in [0.15, 0.2) is 42.9 Å². The molecule has 2 heterocycles. The average molecular weight is 361 g/mol. The first-order valence-electron chi connectivity index (χ1n) is 7.65. The van der Waals surface area contributed by atoms with Crippen LogP contribution in [0.5, 0.6) is 11.6 Å². The molecule has 0 saturated heterocycles. The SMILES string of the molecule is N#CCN(CC#N)c1ncnc(Oc2cccc3cccnc23)c1[N+](=O)[O-]. The molecule has 0 unspecified atom stereocenters. The Morgan fingerprint density at radius 2 is 1.85 bits per heavy atom. The topological polar surface area (TPSA) is 142 Å². The van der Waals surface area contributed by atoms with E-state index in [0.717, 1.165) is 11.7 Å². The molecule has 0 bridgehead atoms. The third-order valence-corrected chi connectivity index (χ3v) is 3.58. The van der Waals surface area contributed by atoms with E-state index in [-0.39, 0.29) is 30.5 Å². The lowest BCUT2D eigenvalue weighted by Gasteiger charge is -2.17. The summed E-state index contributed by atoms with van der Waals surface area (Å²) in [5.41, 5.74) is -0.0173. The first-order chi connectivity index (χ1) is 13.2. The Balaban J connectivity index is 2.11. The number of aromatic nitrogens is 3. The van der Waals surface area contributed by atoms with Crippen LogP contribution >= 0.6 is 0 Å². The highest BCUT2D eigenvalue weighted by atomic mass is 16.6. The molecule has 132 valence electrons. The smallest absolute Gasteiger partial charge is 0.373 e. The number of para-hydroxylation sites is 1. The van der Waals surface area contributed by atoms with Crippen LogP contribution in [-0.2, 0) is 0 Å². The predicted molar refractivity (Wildman–Crippen MR) is 93.9 cm³/mol. The van der Waals surface area contributed by atoms with E-state index in [0.29, 0.717) is 5.52 Å². The molecule has 0 aliphatic rings. The lowest BCUT2D eigenvalue weighted by atomic mass is 10.2. The van der Waals surface area contributed by atoms with Crippen LogP contribution in [0.1, 0.15) is 0 Å². The van der Waals surface area contributed by atoms with Gasteiger partial charge in [0.05, 0.1) is 17.1 Å². The largest absolute Gasteiger partial charge is 0.431 e. The number of nitriles is 2. The lowest BCUT2D eigenvalue weighted by Crippen LogP contribution is -2.26. The van der Waals surface area contributed by atoms with E-state index in [1.165, 1.54) is 4.90 Å². The summed E-state index contributed by atoms with van der Waals surface area (Å²) >= 11 is 0. The number of anilines is 1. The fourth-order valence-electron chi connectivity index (χ4n) is 2.46. The van der Waals surface area contributed by atoms with Crippen molar-refractivity contribution in [3.8, 4) is 23.8 Å². The molecule has 0 atom stereocenters. The van der Waals surface area contributed by atoms with Gasteiger partial charge in [0.25, 0.3) is 0 Å². The van der Waals surface area contributed by atoms with Crippen molar-refractivity contribution in [3.63, 3.8) is 0 Å². The Morgan fingerprint density at radius 3 is 2.56 bits per heavy atom. The Labute approximate surface area is 153 Å². The summed E-state index contributed by atoms with van der Waals surface area (Å²) in [6.07, 6.45) is 2.66. The minimum absolute atomic E-state index is 0.165. The first kappa shape index (κ1) is 17.5. The predicted octanol–water partition coefficient (Wildman–Crippen LogP) is 2.58. The number of rotatable bonds is 6. The Bertz CT molecular complexity index is 1070. The summed E-state index contributed by atoms with van der Waals surface area (Å²) < 4.78 is 5.68. The van der Waals surface area contributed by atoms with Gasteiger partial charge in [-0.15, -0.1) is 0 Å². The van der Waals surface area contributed by atoms with Crippen molar-refractivity contribution in [1.29, 1.82) is 10.5 Å². The minimum atomic E-state index is -0.703. The molecule has 1 aromatic carbocycles. The van der Waals surface area contributed by atoms with Crippen LogP contribution in [0.2, 0.25) is 0 Å². The molecular weight excluding hydrogens is 350 g/mol. The van der Waals surface area contributed by atoms with Crippen LogP contribution in [-0.4, -0.2) is 33.0 Å². The Morgan fingerprint density at radius 1 is 1.11 bits per heavy atom. The van der Waals surface area contributed by atoms with Gasteiger partial charge in [0, 0.05) is 11.6 Å². The maximum absolute atomic E-state index is 11.6. The molecule has 0 saturated carbocycles. The molecule has 10 heteroatoms. The van der Waals surface area contributed by atoms with E-state index < -0.39 is 10.6 Å². The quantitative estimate of drug-likeness (QED) is 0.367. The minimum Gasteiger partial charge on any atom is -0.431 e. The molecule has 0 aliphatic carbocycles. The standard InChI is InChI=1S/C17H11N7O3/c18-6-9-23(10-7-19)16-15(24(25)26)17(22-11-21-16)27-13-5-1-3-12-4-2-8-20-14(12)13/h1-5,8,11H,9-10H2. The van der Waals surface area contributed by atoms with Crippen molar-refractivity contribution < 1.29 is 9.66 Å². The molecule has 3 aromatic rings. The molecule has 27 heavy (non-hydrogen) atoms. The monoisotopic (exact) mass is 361 g/mol. The van der Waals surface area contributed by atoms with E-state index in [2.05, 4.69) is 15.0 Å². The normalized spacial score (nSPS) is 10.0. The molecule has 2 aromatic heterocycles. The number of pyridine rings is 1. The molecule has 0 aliphatic heterocycles. The second-order valence-corrected chi connectivity index (χ2v) is 5.21. The van der Waals surface area contributed by atoms with Crippen molar-refractivity contribution in [2.45, 2.75) is 0 Å². The van der Waals surface area contributed by atoms with Crippen molar-refractivity contribution in [2.75, 3.05) is 18.0 Å². The van der Waals surface area contributed by atoms with Crippen molar-refractivity contribution in [2.24, 2.45) is 0 Å². The summed E-state index contributed by atoms with van der Waals surface area (Å²) in [4.78, 5) is 24.1. The van der Waals surface area contributed by atoms with Gasteiger partial charge in [-0.1, -0.05) is 18.2 Å². The van der Waals surface area contributed by atoms with E-state index in [1.54, 1.807) is 24.4 Å². The molecule has 0 spiro atoms. The van der Waals surface area contributed by atoms with E-state index in [4.69, 9.17) is 15.3 Å². The number of fused-ring (bicyclic) bond motifs is 1. The maximum Gasteiger partial charge on any atom is 0.373 e. The number of nitro groups is 1. The fraction of sp³-hybridized carbons (Fsp3) is 0.118. The van der Waals surface area contributed by atoms with Crippen LogP contribution in [0, 0.1) is 32.8 Å². The average Bonchev–Trinajstić information content (AvgIpc) is 2.68. The highest BCUT2D eigenvalue weighted by Crippen LogP contribution is 2.37. The third kappa shape index (κ3) is 3.55. The van der Waals surface area contributed by atoms with Gasteiger partial charge >= 0.3 is 11.6 Å². The fourth-order valence-corrected chi connectivity index (χ4v) is 2.46. The second-order valence-electron chi connectivity index (χ2n) is 5.21. The van der Waals surface area contributed by atoms with Gasteiger partial charge in [0.1, 0.15) is 24.9 Å². The van der Waals surface area contributed by atoms with Crippen LogP contribution in [0.3, 0.4) is 0 Å². The summed E-state index contributed by atoms with van der Waals surface area (Å²) in [7, 11) is 0. The van der Waals surface area contributed by atoms with Gasteiger partial charge in [0.15, 0.2) is 5.75 Å². The van der Waals surface area contributed by atoms with Gasteiger partial charge < -0.3 is 9.64 Å². The first-order valence-corrected chi connectivity index (χ1v) is 7.65. The third-order valence-electron chi connectivity index (χ3n) is 3.58. The zero-order chi connectivity index (χ0) is 19.2. The zero-order valence-corrected chi connectivity index (χ0v) is 13.8. The number of hydrogen-bond donors (Lipinski definition) is 0. The Hall–Kier alpha value is -4.31. The van der Waals surface area contributed by atoms with E-state index in [9.17, 15) is 10.1 Å². The lowest BCUT2D eigenvalue weighted by molar-refractivity contribution is -0.385. The summed E-state index contributed by atoms with van der Waals surface area (Å²) in [6.45, 7) is -0.499. The highest BCUT2D eigenvalue weighted by molar-refractivity contribution is 5.84. The number of ether oxygens (including phenoxy) is 1. The van der Waals surface area contributed by atoms with Gasteiger partial charge in [-0.3, -0.25) is 15.1 Å². The molecule has 0 N–H and O–H groups in total. The number of nitrogens with zero attached hydrogens (tertiary/aromatic N) is 7. The number of benzene rings is 1. The van der Waals surface area contributed by atoms with Crippen LogP contribution in [0.4, 0.5) is 11.5 Å². The molecular formula is C17H11N7O3. The van der Waals surface area contributed by atoms with Crippen molar-refractivity contribution in [3.05, 3.63) is 53.0 Å². The summed E-state index contributed by atoms with van der Waals surface area (Å²) in [5, 5.41) is 30.3. The second kappa shape index (κ2) is 7.72. The zero-order valence-electron chi connectivity index (χ0n) is 13.8. The van der Waals surface area contributed by atoms with Crippen LogP contribution in [0.25, 0.3) is 10.9 Å². The molecule has 10 nitrogen and oxygen atoms in total. The van der Waals surface area contributed by atoms with Gasteiger partial charge in [0.2, 0.25) is 5.82 Å². The van der Waals surface area contributed by atoms with Gasteiger partial charge in [-0.05, 0) is 12.1 Å². The molecule has 3 rings (SSSR count). The van der Waals surface area contributed by atoms with E-state index in [1.807, 2.05) is 24.3 Å². The van der Waals surface area contributed by atoms with E-state index >= 15 is 0 Å². The molecule has 0 radical (unpaired) electrons. The van der Waals surface area contributed by atoms with Gasteiger partial charge in [-0.2, -0.15) is 15.5 Å².